The number of hydrogen-bond donors (Lipinski definition) is 1. The van der Waals surface area contributed by atoms with Gasteiger partial charge >= 0.3 is 0 Å². The van der Waals surface area contributed by atoms with E-state index < -0.39 is 17.4 Å². The normalized spacial score (nSPS) is 30.3. The molecule has 4 aliphatic rings. The minimum absolute atomic E-state index is 0.103. The molecular weight excluding hydrogens is 414 g/mol. The number of anilines is 2. The van der Waals surface area contributed by atoms with Crippen LogP contribution in [-0.2, 0) is 19.9 Å². The lowest BCUT2D eigenvalue weighted by molar-refractivity contribution is -0.135. The van der Waals surface area contributed by atoms with Crippen molar-refractivity contribution in [1.29, 1.82) is 0 Å². The highest BCUT2D eigenvalue weighted by atomic mass is 16.2. The molecule has 3 aromatic rings. The first-order valence-electron chi connectivity index (χ1n) is 11.6. The number of carbonyl (C=O) groups excluding carboxylic acids is 3. The lowest BCUT2D eigenvalue weighted by atomic mass is 9.75. The van der Waals surface area contributed by atoms with Gasteiger partial charge in [0.2, 0.25) is 17.7 Å². The number of benzene rings is 3. The highest BCUT2D eigenvalue weighted by Gasteiger charge is 2.74. The summed E-state index contributed by atoms with van der Waals surface area (Å²) in [6.07, 6.45) is 1.74. The summed E-state index contributed by atoms with van der Waals surface area (Å²) >= 11 is 0. The second-order valence-electron chi connectivity index (χ2n) is 9.72. The van der Waals surface area contributed by atoms with Gasteiger partial charge in [0, 0.05) is 17.3 Å². The quantitative estimate of drug-likeness (QED) is 0.591. The summed E-state index contributed by atoms with van der Waals surface area (Å²) in [6, 6.07) is 19.4. The van der Waals surface area contributed by atoms with Gasteiger partial charge in [-0.15, -0.1) is 0 Å². The molecule has 0 aromatic heterocycles. The summed E-state index contributed by atoms with van der Waals surface area (Å²) in [5.74, 6) is -1.85. The molecule has 7 rings (SSSR count). The molecule has 0 saturated carbocycles. The Balaban J connectivity index is 1.42. The van der Waals surface area contributed by atoms with E-state index in [1.807, 2.05) is 67.6 Å². The molecule has 4 aliphatic heterocycles. The highest BCUT2D eigenvalue weighted by Crippen LogP contribution is 2.60. The molecule has 0 radical (unpaired) electrons. The van der Waals surface area contributed by atoms with Gasteiger partial charge in [0.15, 0.2) is 0 Å². The Bertz CT molecular complexity index is 1400. The van der Waals surface area contributed by atoms with Gasteiger partial charge in [0.05, 0.1) is 17.5 Å². The van der Waals surface area contributed by atoms with E-state index in [9.17, 15) is 14.4 Å². The summed E-state index contributed by atoms with van der Waals surface area (Å²) in [7, 11) is 0. The van der Waals surface area contributed by atoms with Crippen molar-refractivity contribution in [3.63, 3.8) is 0 Å². The molecule has 3 amide bonds. The predicted octanol–water partition coefficient (Wildman–Crippen LogP) is 3.58. The number of imide groups is 1. The van der Waals surface area contributed by atoms with Crippen LogP contribution in [0.1, 0.15) is 24.0 Å². The van der Waals surface area contributed by atoms with Gasteiger partial charge in [-0.25, -0.2) is 4.90 Å². The maximum absolute atomic E-state index is 14.1. The van der Waals surface area contributed by atoms with Crippen LogP contribution in [0.5, 0.6) is 0 Å². The van der Waals surface area contributed by atoms with E-state index in [-0.39, 0.29) is 23.8 Å². The zero-order valence-electron chi connectivity index (χ0n) is 18.2. The summed E-state index contributed by atoms with van der Waals surface area (Å²) < 4.78 is 0. The summed E-state index contributed by atoms with van der Waals surface area (Å²) in [5, 5.41) is 5.06. The molecule has 33 heavy (non-hydrogen) atoms. The molecule has 164 valence electrons. The van der Waals surface area contributed by atoms with Crippen LogP contribution in [0.15, 0.2) is 60.7 Å². The second-order valence-corrected chi connectivity index (χ2v) is 9.72. The van der Waals surface area contributed by atoms with Gasteiger partial charge in [0.1, 0.15) is 5.54 Å². The van der Waals surface area contributed by atoms with Crippen molar-refractivity contribution in [3.8, 4) is 0 Å². The maximum atomic E-state index is 14.1. The van der Waals surface area contributed by atoms with Crippen LogP contribution >= 0.6 is 0 Å². The number of rotatable bonds is 1. The van der Waals surface area contributed by atoms with Crippen molar-refractivity contribution < 1.29 is 14.4 Å². The molecule has 0 aliphatic carbocycles. The topological polar surface area (TPSA) is 69.7 Å². The summed E-state index contributed by atoms with van der Waals surface area (Å²) in [6.45, 7) is 2.71. The Morgan fingerprint density at radius 2 is 1.76 bits per heavy atom. The smallest absolute Gasteiger partial charge is 0.250 e. The molecular formula is C27H23N3O3. The fraction of sp³-hybridized carbons (Fsp3) is 0.296. The third kappa shape index (κ3) is 2.19. The van der Waals surface area contributed by atoms with Crippen molar-refractivity contribution >= 4 is 39.9 Å². The molecule has 3 fully saturated rings. The molecule has 1 spiro atoms. The van der Waals surface area contributed by atoms with Crippen LogP contribution in [0.25, 0.3) is 10.8 Å². The number of aryl methyl sites for hydroxylation is 1. The number of hydrogen-bond acceptors (Lipinski definition) is 4. The highest BCUT2D eigenvalue weighted by molar-refractivity contribution is 6.26. The van der Waals surface area contributed by atoms with E-state index in [2.05, 4.69) is 10.2 Å². The van der Waals surface area contributed by atoms with E-state index in [1.54, 1.807) is 0 Å². The standard InChI is InChI=1S/C27H23N3O3/c1-15-8-11-20-19(13-15)27(26(33)28-20)23-22(21-7-4-12-29(21)27)24(31)30(25(23)32)18-10-9-16-5-2-3-6-17(16)14-18/h2-3,5-6,8-11,13-14,21-23H,4,7,12H2,1H3,(H,28,33)/t21-,22-,23-,27+/m0/s1. The average molecular weight is 437 g/mol. The lowest BCUT2D eigenvalue weighted by Gasteiger charge is -2.36. The molecule has 4 heterocycles. The third-order valence-electron chi connectivity index (χ3n) is 8.14. The zero-order valence-corrected chi connectivity index (χ0v) is 18.2. The molecule has 6 nitrogen and oxygen atoms in total. The summed E-state index contributed by atoms with van der Waals surface area (Å²) in [4.78, 5) is 45.1. The van der Waals surface area contributed by atoms with Crippen molar-refractivity contribution in [2.75, 3.05) is 16.8 Å². The number of nitrogens with zero attached hydrogens (tertiary/aromatic N) is 2. The molecule has 0 unspecified atom stereocenters. The maximum Gasteiger partial charge on any atom is 0.250 e. The Kier molecular flexibility index (Phi) is 3.62. The van der Waals surface area contributed by atoms with Crippen LogP contribution in [0.4, 0.5) is 11.4 Å². The van der Waals surface area contributed by atoms with Crippen molar-refractivity contribution in [2.45, 2.75) is 31.3 Å². The van der Waals surface area contributed by atoms with Crippen LogP contribution in [0, 0.1) is 18.8 Å². The van der Waals surface area contributed by atoms with Gasteiger partial charge < -0.3 is 5.32 Å². The van der Waals surface area contributed by atoms with Gasteiger partial charge in [-0.1, -0.05) is 48.0 Å². The molecule has 3 aromatic carbocycles. The first-order chi connectivity index (χ1) is 16.0. The number of amides is 3. The first kappa shape index (κ1) is 19.0. The Morgan fingerprint density at radius 3 is 2.61 bits per heavy atom. The monoisotopic (exact) mass is 437 g/mol. The van der Waals surface area contributed by atoms with E-state index in [0.717, 1.165) is 47.0 Å². The van der Waals surface area contributed by atoms with Crippen LogP contribution in [0.2, 0.25) is 0 Å². The van der Waals surface area contributed by atoms with Gasteiger partial charge in [-0.3, -0.25) is 19.3 Å². The van der Waals surface area contributed by atoms with E-state index in [0.29, 0.717) is 5.69 Å². The molecule has 0 bridgehead atoms. The lowest BCUT2D eigenvalue weighted by Crippen LogP contribution is -2.54. The molecule has 6 heteroatoms. The van der Waals surface area contributed by atoms with Crippen LogP contribution in [0.3, 0.4) is 0 Å². The fourth-order valence-corrected chi connectivity index (χ4v) is 6.89. The Hall–Kier alpha value is -3.51. The van der Waals surface area contributed by atoms with E-state index in [1.165, 1.54) is 4.90 Å². The van der Waals surface area contributed by atoms with Gasteiger partial charge in [-0.2, -0.15) is 0 Å². The second kappa shape index (κ2) is 6.29. The van der Waals surface area contributed by atoms with Crippen molar-refractivity contribution in [3.05, 3.63) is 71.8 Å². The molecule has 1 N–H and O–H groups in total. The molecule has 4 atom stereocenters. The van der Waals surface area contributed by atoms with Gasteiger partial charge in [0.25, 0.3) is 0 Å². The summed E-state index contributed by atoms with van der Waals surface area (Å²) in [5.41, 5.74) is 2.09. The van der Waals surface area contributed by atoms with Crippen molar-refractivity contribution in [2.24, 2.45) is 11.8 Å². The molecule has 3 saturated heterocycles. The number of carbonyl (C=O) groups is 3. The number of fused-ring (bicyclic) bond motifs is 8. The zero-order chi connectivity index (χ0) is 22.5. The Labute approximate surface area is 191 Å². The Morgan fingerprint density at radius 1 is 0.939 bits per heavy atom. The minimum atomic E-state index is -1.12. The SMILES string of the molecule is Cc1ccc2c(c1)[C@]1(C(=O)N2)[C@@H]2C(=O)N(c3ccc4ccccc4c3)C(=O)[C@H]2[C@@H]2CCCN21. The largest absolute Gasteiger partial charge is 0.324 e. The third-order valence-corrected chi connectivity index (χ3v) is 8.14. The predicted molar refractivity (Wildman–Crippen MR) is 125 cm³/mol. The minimum Gasteiger partial charge on any atom is -0.324 e. The van der Waals surface area contributed by atoms with E-state index >= 15 is 0 Å². The fourth-order valence-electron chi connectivity index (χ4n) is 6.89. The van der Waals surface area contributed by atoms with Crippen molar-refractivity contribution in [1.82, 2.24) is 4.90 Å². The number of nitrogens with one attached hydrogen (secondary N) is 1. The van der Waals surface area contributed by atoms with E-state index in [4.69, 9.17) is 0 Å². The van der Waals surface area contributed by atoms with Gasteiger partial charge in [-0.05, 0) is 55.3 Å². The average Bonchev–Trinajstić information content (AvgIpc) is 3.52. The van der Waals surface area contributed by atoms with Crippen LogP contribution in [-0.4, -0.2) is 35.2 Å². The first-order valence-corrected chi connectivity index (χ1v) is 11.6. The van der Waals surface area contributed by atoms with Crippen LogP contribution < -0.4 is 10.2 Å².